The molecule has 0 bridgehead atoms. The van der Waals surface area contributed by atoms with Gasteiger partial charge in [0.2, 0.25) is 5.91 Å². The molecule has 1 rings (SSSR count). The fraction of sp³-hybridized carbons (Fsp3) is 0.917. The van der Waals surface area contributed by atoms with Gasteiger partial charge in [0.25, 0.3) is 0 Å². The second kappa shape index (κ2) is 4.52. The molecule has 0 unspecified atom stereocenters. The molecule has 1 amide bonds. The van der Waals surface area contributed by atoms with E-state index in [1.807, 2.05) is 13.8 Å². The monoisotopic (exact) mass is 212 g/mol. The van der Waals surface area contributed by atoms with Gasteiger partial charge >= 0.3 is 0 Å². The Morgan fingerprint density at radius 3 is 2.40 bits per heavy atom. The van der Waals surface area contributed by atoms with Crippen LogP contribution in [0.1, 0.15) is 47.0 Å². The van der Waals surface area contributed by atoms with Crippen LogP contribution in [-0.4, -0.2) is 24.5 Å². The molecule has 3 nitrogen and oxygen atoms in total. The lowest BCUT2D eigenvalue weighted by Gasteiger charge is -2.37. The first kappa shape index (κ1) is 12.5. The van der Waals surface area contributed by atoms with Crippen LogP contribution in [0, 0.1) is 5.41 Å². The van der Waals surface area contributed by atoms with E-state index < -0.39 is 0 Å². The van der Waals surface area contributed by atoms with E-state index in [4.69, 9.17) is 0 Å². The van der Waals surface area contributed by atoms with Gasteiger partial charge < -0.3 is 10.6 Å². The Kier molecular flexibility index (Phi) is 3.77. The van der Waals surface area contributed by atoms with Crippen molar-refractivity contribution in [2.24, 2.45) is 5.41 Å². The highest BCUT2D eigenvalue weighted by Gasteiger charge is 2.33. The van der Waals surface area contributed by atoms with Crippen molar-refractivity contribution in [1.82, 2.24) is 10.6 Å². The van der Waals surface area contributed by atoms with E-state index in [0.717, 1.165) is 32.4 Å². The van der Waals surface area contributed by atoms with E-state index in [2.05, 4.69) is 24.5 Å². The predicted molar refractivity (Wildman–Crippen MR) is 62.7 cm³/mol. The van der Waals surface area contributed by atoms with Gasteiger partial charge in [0, 0.05) is 11.0 Å². The van der Waals surface area contributed by atoms with Crippen LogP contribution in [0.5, 0.6) is 0 Å². The van der Waals surface area contributed by atoms with Gasteiger partial charge in [-0.05, 0) is 39.3 Å². The number of hydrogen-bond donors (Lipinski definition) is 2. The van der Waals surface area contributed by atoms with Gasteiger partial charge in [0.1, 0.15) is 0 Å². The summed E-state index contributed by atoms with van der Waals surface area (Å²) >= 11 is 0. The van der Waals surface area contributed by atoms with Gasteiger partial charge in [-0.25, -0.2) is 0 Å². The normalized spacial score (nSPS) is 21.1. The van der Waals surface area contributed by atoms with Gasteiger partial charge in [-0.2, -0.15) is 0 Å². The van der Waals surface area contributed by atoms with Gasteiger partial charge in [-0.15, -0.1) is 0 Å². The molecule has 2 N–H and O–H groups in total. The Bertz CT molecular complexity index is 230. The maximum absolute atomic E-state index is 12.0. The lowest BCUT2D eigenvalue weighted by atomic mass is 9.85. The number of hydrogen-bond acceptors (Lipinski definition) is 2. The molecule has 1 heterocycles. The summed E-state index contributed by atoms with van der Waals surface area (Å²) in [6.07, 6.45) is 2.93. The van der Waals surface area contributed by atoms with E-state index in [9.17, 15) is 4.79 Å². The zero-order valence-electron chi connectivity index (χ0n) is 10.4. The summed E-state index contributed by atoms with van der Waals surface area (Å²) in [4.78, 5) is 12.0. The van der Waals surface area contributed by atoms with Crippen LogP contribution < -0.4 is 10.6 Å². The SMILES string of the molecule is CCC(C)(C)C(=O)NC1(C)CCNCC1. The molecule has 15 heavy (non-hydrogen) atoms. The van der Waals surface area contributed by atoms with Crippen molar-refractivity contribution in [3.05, 3.63) is 0 Å². The Hall–Kier alpha value is -0.570. The largest absolute Gasteiger partial charge is 0.350 e. The van der Waals surface area contributed by atoms with E-state index in [1.54, 1.807) is 0 Å². The van der Waals surface area contributed by atoms with Crippen LogP contribution in [0.2, 0.25) is 0 Å². The molecule has 0 aromatic rings. The highest BCUT2D eigenvalue weighted by molar-refractivity contribution is 5.82. The second-order valence-corrected chi connectivity index (χ2v) is 5.50. The quantitative estimate of drug-likeness (QED) is 0.747. The van der Waals surface area contributed by atoms with Crippen molar-refractivity contribution >= 4 is 5.91 Å². The molecule has 0 aromatic carbocycles. The maximum atomic E-state index is 12.0. The third kappa shape index (κ3) is 3.20. The second-order valence-electron chi connectivity index (χ2n) is 5.50. The van der Waals surface area contributed by atoms with Crippen LogP contribution in [0.4, 0.5) is 0 Å². The van der Waals surface area contributed by atoms with Crippen LogP contribution in [0.25, 0.3) is 0 Å². The molecule has 1 fully saturated rings. The maximum Gasteiger partial charge on any atom is 0.226 e. The van der Waals surface area contributed by atoms with Crippen molar-refractivity contribution in [2.45, 2.75) is 52.5 Å². The molecule has 0 radical (unpaired) electrons. The Balaban J connectivity index is 2.56. The minimum atomic E-state index is -0.242. The molecular weight excluding hydrogens is 188 g/mol. The van der Waals surface area contributed by atoms with Gasteiger partial charge in [-0.3, -0.25) is 4.79 Å². The summed E-state index contributed by atoms with van der Waals surface area (Å²) in [6.45, 7) is 10.2. The number of nitrogens with one attached hydrogen (secondary N) is 2. The fourth-order valence-corrected chi connectivity index (χ4v) is 1.71. The summed E-state index contributed by atoms with van der Waals surface area (Å²) in [5, 5.41) is 6.52. The Morgan fingerprint density at radius 1 is 1.40 bits per heavy atom. The van der Waals surface area contributed by atoms with E-state index in [0.29, 0.717) is 0 Å². The summed E-state index contributed by atoms with van der Waals surface area (Å²) in [5.74, 6) is 0.189. The third-order valence-corrected chi connectivity index (χ3v) is 3.62. The molecule has 3 heteroatoms. The Labute approximate surface area is 93.0 Å². The first-order valence-electron chi connectivity index (χ1n) is 5.93. The van der Waals surface area contributed by atoms with Crippen molar-refractivity contribution in [3.63, 3.8) is 0 Å². The molecule has 1 aliphatic rings. The molecule has 1 aliphatic heterocycles. The van der Waals surface area contributed by atoms with E-state index in [1.165, 1.54) is 0 Å². The van der Waals surface area contributed by atoms with Crippen LogP contribution >= 0.6 is 0 Å². The third-order valence-electron chi connectivity index (χ3n) is 3.62. The standard InChI is InChI=1S/C12H24N2O/c1-5-11(2,3)10(15)14-12(4)6-8-13-9-7-12/h13H,5-9H2,1-4H3,(H,14,15). The lowest BCUT2D eigenvalue weighted by molar-refractivity contribution is -0.131. The summed E-state index contributed by atoms with van der Waals surface area (Å²) in [6, 6.07) is 0. The first-order chi connectivity index (χ1) is 6.90. The molecule has 0 aromatic heterocycles. The number of carbonyl (C=O) groups is 1. The topological polar surface area (TPSA) is 41.1 Å². The van der Waals surface area contributed by atoms with E-state index in [-0.39, 0.29) is 16.9 Å². The minimum absolute atomic E-state index is 0.00519. The van der Waals surface area contributed by atoms with Crippen molar-refractivity contribution in [1.29, 1.82) is 0 Å². The summed E-state index contributed by atoms with van der Waals surface area (Å²) < 4.78 is 0. The molecule has 88 valence electrons. The number of carbonyl (C=O) groups excluding carboxylic acids is 1. The minimum Gasteiger partial charge on any atom is -0.350 e. The van der Waals surface area contributed by atoms with Gasteiger partial charge in [0.05, 0.1) is 0 Å². The average molecular weight is 212 g/mol. The Morgan fingerprint density at radius 2 is 1.93 bits per heavy atom. The summed E-state index contributed by atoms with van der Waals surface area (Å²) in [5.41, 5.74) is -0.247. The smallest absolute Gasteiger partial charge is 0.226 e. The van der Waals surface area contributed by atoms with Crippen molar-refractivity contribution in [2.75, 3.05) is 13.1 Å². The number of piperidine rings is 1. The molecule has 0 saturated carbocycles. The van der Waals surface area contributed by atoms with E-state index >= 15 is 0 Å². The fourth-order valence-electron chi connectivity index (χ4n) is 1.71. The van der Waals surface area contributed by atoms with Crippen LogP contribution in [0.3, 0.4) is 0 Å². The molecular formula is C12H24N2O. The highest BCUT2D eigenvalue weighted by atomic mass is 16.2. The van der Waals surface area contributed by atoms with Gasteiger partial charge in [0.15, 0.2) is 0 Å². The number of rotatable bonds is 3. The lowest BCUT2D eigenvalue weighted by Crippen LogP contribution is -2.55. The predicted octanol–water partition coefficient (Wildman–Crippen LogP) is 1.68. The van der Waals surface area contributed by atoms with Crippen molar-refractivity contribution in [3.8, 4) is 0 Å². The van der Waals surface area contributed by atoms with Crippen LogP contribution in [-0.2, 0) is 4.79 Å². The van der Waals surface area contributed by atoms with Crippen LogP contribution in [0.15, 0.2) is 0 Å². The molecule has 1 saturated heterocycles. The van der Waals surface area contributed by atoms with Crippen molar-refractivity contribution < 1.29 is 4.79 Å². The molecule has 0 aliphatic carbocycles. The molecule has 0 spiro atoms. The zero-order valence-corrected chi connectivity index (χ0v) is 10.4. The molecule has 0 atom stereocenters. The number of amides is 1. The summed E-state index contributed by atoms with van der Waals surface area (Å²) in [7, 11) is 0. The van der Waals surface area contributed by atoms with Gasteiger partial charge in [-0.1, -0.05) is 20.8 Å². The zero-order chi connectivity index (χ0) is 11.5. The first-order valence-corrected chi connectivity index (χ1v) is 5.93. The highest BCUT2D eigenvalue weighted by Crippen LogP contribution is 2.24. The average Bonchev–Trinajstić information content (AvgIpc) is 2.18.